The Labute approximate surface area is 217 Å². The Hall–Kier alpha value is -2.64. The van der Waals surface area contributed by atoms with Gasteiger partial charge >= 0.3 is 0 Å². The van der Waals surface area contributed by atoms with Gasteiger partial charge in [0.25, 0.3) is 5.69 Å². The molecular weight excluding hydrogens is 507 g/mol. The zero-order valence-electron chi connectivity index (χ0n) is 18.1. The lowest BCUT2D eigenvalue weighted by atomic mass is 10.2. The van der Waals surface area contributed by atoms with E-state index in [1.807, 2.05) is 60.7 Å². The van der Waals surface area contributed by atoms with Crippen molar-refractivity contribution < 1.29 is 4.92 Å². The van der Waals surface area contributed by atoms with Gasteiger partial charge in [0.15, 0.2) is 0 Å². The minimum atomic E-state index is -0.447. The van der Waals surface area contributed by atoms with Crippen LogP contribution in [0.4, 0.5) is 11.4 Å². The molecule has 34 heavy (non-hydrogen) atoms. The number of nitro groups is 1. The van der Waals surface area contributed by atoms with Crippen LogP contribution in [0.5, 0.6) is 0 Å². The Balaban J connectivity index is 0.000000192. The van der Waals surface area contributed by atoms with Crippen molar-refractivity contribution in [3.8, 4) is 0 Å². The molecule has 0 saturated heterocycles. The number of thioether (sulfide) groups is 2. The molecular formula is C26H22Cl2N2O2S2. The Morgan fingerprint density at radius 2 is 1.18 bits per heavy atom. The van der Waals surface area contributed by atoms with Crippen LogP contribution in [0.1, 0.15) is 11.1 Å². The minimum absolute atomic E-state index is 0.0176. The smallest absolute Gasteiger partial charge is 0.270 e. The van der Waals surface area contributed by atoms with Crippen LogP contribution in [0.25, 0.3) is 0 Å². The molecule has 174 valence electrons. The minimum Gasteiger partial charge on any atom is -0.399 e. The molecule has 0 radical (unpaired) electrons. The van der Waals surface area contributed by atoms with Crippen LogP contribution >= 0.6 is 46.7 Å². The number of benzene rings is 4. The maximum absolute atomic E-state index is 10.6. The van der Waals surface area contributed by atoms with E-state index >= 15 is 0 Å². The predicted molar refractivity (Wildman–Crippen MR) is 146 cm³/mol. The molecule has 0 atom stereocenters. The molecule has 4 aromatic rings. The van der Waals surface area contributed by atoms with Gasteiger partial charge in [0.2, 0.25) is 0 Å². The number of nitrogen functional groups attached to an aromatic ring is 1. The summed E-state index contributed by atoms with van der Waals surface area (Å²) >= 11 is 15.4. The molecule has 0 aliphatic carbocycles. The van der Waals surface area contributed by atoms with Crippen molar-refractivity contribution in [2.24, 2.45) is 0 Å². The van der Waals surface area contributed by atoms with Gasteiger partial charge in [-0.2, -0.15) is 0 Å². The summed E-state index contributed by atoms with van der Waals surface area (Å²) in [6.45, 7) is 0. The third kappa shape index (κ3) is 8.29. The van der Waals surface area contributed by atoms with Crippen molar-refractivity contribution in [2.45, 2.75) is 21.3 Å². The number of nitrogens with zero attached hydrogens (tertiary/aromatic N) is 1. The molecule has 4 nitrogen and oxygen atoms in total. The third-order valence-corrected chi connectivity index (χ3v) is 7.70. The summed E-state index contributed by atoms with van der Waals surface area (Å²) in [6, 6.07) is 30.5. The Kier molecular flexibility index (Phi) is 10.2. The summed E-state index contributed by atoms with van der Waals surface area (Å²) < 4.78 is 0. The Morgan fingerprint density at radius 1 is 0.706 bits per heavy atom. The van der Waals surface area contributed by atoms with Gasteiger partial charge in [-0.3, -0.25) is 10.1 Å². The van der Waals surface area contributed by atoms with E-state index in [1.54, 1.807) is 35.7 Å². The van der Waals surface area contributed by atoms with Gasteiger partial charge in [0.1, 0.15) is 0 Å². The van der Waals surface area contributed by atoms with Gasteiger partial charge in [0, 0.05) is 39.1 Å². The molecule has 0 aliphatic heterocycles. The fraction of sp³-hybridized carbons (Fsp3) is 0.0769. The van der Waals surface area contributed by atoms with Crippen LogP contribution in [0.3, 0.4) is 0 Å². The maximum atomic E-state index is 10.6. The van der Waals surface area contributed by atoms with E-state index in [0.29, 0.717) is 10.7 Å². The number of halogens is 2. The van der Waals surface area contributed by atoms with Crippen LogP contribution < -0.4 is 5.73 Å². The summed E-state index contributed by atoms with van der Waals surface area (Å²) in [4.78, 5) is 12.1. The monoisotopic (exact) mass is 528 g/mol. The molecule has 0 aliphatic rings. The number of nitrogens with two attached hydrogens (primary N) is 1. The van der Waals surface area contributed by atoms with E-state index in [4.69, 9.17) is 28.9 Å². The van der Waals surface area contributed by atoms with Gasteiger partial charge in [-0.05, 0) is 35.4 Å². The molecule has 0 spiro atoms. The second-order valence-corrected chi connectivity index (χ2v) is 9.96. The summed E-state index contributed by atoms with van der Waals surface area (Å²) in [5.41, 5.74) is 8.85. The first kappa shape index (κ1) is 26.0. The SMILES string of the molecule is Nc1ccc(SCc2ccccc2)c(Cl)c1.O=[N+]([O-])c1ccc(SCc2ccccc2)c(Cl)c1. The van der Waals surface area contributed by atoms with Crippen LogP contribution in [0.2, 0.25) is 10.0 Å². The van der Waals surface area contributed by atoms with Gasteiger partial charge in [-0.15, -0.1) is 23.5 Å². The fourth-order valence-electron chi connectivity index (χ4n) is 2.83. The van der Waals surface area contributed by atoms with Crippen molar-refractivity contribution >= 4 is 58.1 Å². The topological polar surface area (TPSA) is 69.2 Å². The van der Waals surface area contributed by atoms with Gasteiger partial charge in [-0.1, -0.05) is 83.9 Å². The lowest BCUT2D eigenvalue weighted by molar-refractivity contribution is -0.384. The highest BCUT2D eigenvalue weighted by molar-refractivity contribution is 7.98. The van der Waals surface area contributed by atoms with E-state index < -0.39 is 4.92 Å². The summed E-state index contributed by atoms with van der Waals surface area (Å²) in [5.74, 6) is 1.71. The highest BCUT2D eigenvalue weighted by atomic mass is 35.5. The first-order valence-electron chi connectivity index (χ1n) is 10.2. The summed E-state index contributed by atoms with van der Waals surface area (Å²) in [7, 11) is 0. The first-order chi connectivity index (χ1) is 16.4. The second kappa shape index (κ2) is 13.3. The lowest BCUT2D eigenvalue weighted by Crippen LogP contribution is -1.88. The Morgan fingerprint density at radius 3 is 1.62 bits per heavy atom. The Bertz CT molecular complexity index is 1230. The largest absolute Gasteiger partial charge is 0.399 e. The van der Waals surface area contributed by atoms with Crippen molar-refractivity contribution in [1.82, 2.24) is 0 Å². The third-order valence-electron chi connectivity index (χ3n) is 4.56. The molecule has 0 fully saturated rings. The second-order valence-electron chi connectivity index (χ2n) is 7.11. The number of hydrogen-bond donors (Lipinski definition) is 1. The molecule has 0 unspecified atom stereocenters. The highest BCUT2D eigenvalue weighted by Gasteiger charge is 2.09. The zero-order chi connectivity index (χ0) is 24.3. The lowest BCUT2D eigenvalue weighted by Gasteiger charge is -2.05. The average Bonchev–Trinajstić information content (AvgIpc) is 2.84. The van der Waals surface area contributed by atoms with E-state index in [1.165, 1.54) is 23.3 Å². The van der Waals surface area contributed by atoms with Gasteiger partial charge in [-0.25, -0.2) is 0 Å². The summed E-state index contributed by atoms with van der Waals surface area (Å²) in [6.07, 6.45) is 0. The molecule has 4 rings (SSSR count). The number of non-ortho nitro benzene ring substituents is 1. The number of anilines is 1. The maximum Gasteiger partial charge on any atom is 0.270 e. The van der Waals surface area contributed by atoms with Crippen molar-refractivity contribution in [1.29, 1.82) is 0 Å². The van der Waals surface area contributed by atoms with Crippen LogP contribution in [0, 0.1) is 10.1 Å². The highest BCUT2D eigenvalue weighted by Crippen LogP contribution is 2.33. The molecule has 0 bridgehead atoms. The van der Waals surface area contributed by atoms with Crippen molar-refractivity contribution in [2.75, 3.05) is 5.73 Å². The molecule has 0 aromatic heterocycles. The van der Waals surface area contributed by atoms with Gasteiger partial charge in [0.05, 0.1) is 15.0 Å². The molecule has 4 aromatic carbocycles. The average molecular weight is 530 g/mol. The number of nitro benzene ring substituents is 1. The van der Waals surface area contributed by atoms with Crippen LogP contribution in [-0.2, 0) is 11.5 Å². The molecule has 0 amide bonds. The van der Waals surface area contributed by atoms with Crippen LogP contribution in [0.15, 0.2) is 107 Å². The molecule has 0 saturated carbocycles. The van der Waals surface area contributed by atoms with E-state index in [0.717, 1.165) is 26.3 Å². The molecule has 0 heterocycles. The predicted octanol–water partition coefficient (Wildman–Crippen LogP) is 8.75. The standard InChI is InChI=1S/C13H10ClNO2S.C13H12ClNS/c14-12-8-11(15(16)17)6-7-13(12)18-9-10-4-2-1-3-5-10;14-12-8-11(15)6-7-13(12)16-9-10-4-2-1-3-5-10/h1-8H,9H2;1-8H,9,15H2. The van der Waals surface area contributed by atoms with Crippen molar-refractivity contribution in [3.63, 3.8) is 0 Å². The fourth-order valence-corrected chi connectivity index (χ4v) is 5.27. The van der Waals surface area contributed by atoms with Crippen LogP contribution in [-0.4, -0.2) is 4.92 Å². The number of rotatable bonds is 7. The van der Waals surface area contributed by atoms with E-state index in [9.17, 15) is 10.1 Å². The summed E-state index contributed by atoms with van der Waals surface area (Å²) in [5, 5.41) is 11.7. The normalized spacial score (nSPS) is 10.3. The molecule has 2 N–H and O–H groups in total. The van der Waals surface area contributed by atoms with E-state index in [-0.39, 0.29) is 5.69 Å². The van der Waals surface area contributed by atoms with Crippen molar-refractivity contribution in [3.05, 3.63) is 128 Å². The molecule has 8 heteroatoms. The first-order valence-corrected chi connectivity index (χ1v) is 13.0. The van der Waals surface area contributed by atoms with Gasteiger partial charge < -0.3 is 5.73 Å². The van der Waals surface area contributed by atoms with E-state index in [2.05, 4.69) is 12.1 Å². The zero-order valence-corrected chi connectivity index (χ0v) is 21.2. The quantitative estimate of drug-likeness (QED) is 0.112. The number of hydrogen-bond acceptors (Lipinski definition) is 5.